The van der Waals surface area contributed by atoms with Gasteiger partial charge < -0.3 is 0 Å². The number of allylic oxidation sites excluding steroid dienone is 4. The summed E-state index contributed by atoms with van der Waals surface area (Å²) in [6.45, 7) is 0. The first-order chi connectivity index (χ1) is 21.3. The number of rotatable bonds is 6. The second kappa shape index (κ2) is 10.6. The molecule has 43 heavy (non-hydrogen) atoms. The zero-order valence-corrected chi connectivity index (χ0v) is 24.0. The molecule has 0 aromatic heterocycles. The first-order valence-electron chi connectivity index (χ1n) is 15.2. The van der Waals surface area contributed by atoms with E-state index in [0.29, 0.717) is 0 Å². The second-order valence-corrected chi connectivity index (χ2v) is 11.6. The Hall–Kier alpha value is -5.20. The van der Waals surface area contributed by atoms with Crippen molar-refractivity contribution in [3.8, 4) is 33.4 Å². The molecule has 204 valence electrons. The summed E-state index contributed by atoms with van der Waals surface area (Å²) >= 11 is 0. The molecule has 0 nitrogen and oxygen atoms in total. The summed E-state index contributed by atoms with van der Waals surface area (Å²) in [5, 5.41) is 0. The van der Waals surface area contributed by atoms with Gasteiger partial charge >= 0.3 is 0 Å². The molecular weight excluding hydrogens is 516 g/mol. The Morgan fingerprint density at radius 2 is 0.953 bits per heavy atom. The monoisotopic (exact) mass is 548 g/mol. The van der Waals surface area contributed by atoms with Crippen LogP contribution in [-0.4, -0.2) is 0 Å². The standard InChI is InChI=1S/C43H32/c1-5-15-31(16-6-1)33-25-26-38-34(29-33)30-41-40(38)28-27-39(32-17-7-2-8-18-32)42(41)43(37-23-13-14-24-37,35-19-9-3-10-20-35)36-21-11-4-12-22-36/h1-29,37H,30H2. The quantitative estimate of drug-likeness (QED) is 0.181. The lowest BCUT2D eigenvalue weighted by Crippen LogP contribution is -2.37. The molecule has 0 atom stereocenters. The van der Waals surface area contributed by atoms with E-state index in [0.717, 1.165) is 6.42 Å². The fourth-order valence-electron chi connectivity index (χ4n) is 7.53. The van der Waals surface area contributed by atoms with Crippen LogP contribution in [0.25, 0.3) is 33.4 Å². The van der Waals surface area contributed by atoms with Crippen LogP contribution >= 0.6 is 0 Å². The molecule has 0 saturated carbocycles. The minimum absolute atomic E-state index is 0.162. The third-order valence-corrected chi connectivity index (χ3v) is 9.37. The van der Waals surface area contributed by atoms with Gasteiger partial charge in [-0.1, -0.05) is 176 Å². The van der Waals surface area contributed by atoms with Crippen LogP contribution in [0.4, 0.5) is 0 Å². The molecule has 2 aliphatic rings. The lowest BCUT2D eigenvalue weighted by Gasteiger charge is -2.42. The average molecular weight is 549 g/mol. The van der Waals surface area contributed by atoms with Crippen molar-refractivity contribution in [1.29, 1.82) is 0 Å². The molecule has 0 unspecified atom stereocenters. The van der Waals surface area contributed by atoms with Crippen molar-refractivity contribution in [2.24, 2.45) is 5.92 Å². The van der Waals surface area contributed by atoms with E-state index in [1.165, 1.54) is 61.2 Å². The van der Waals surface area contributed by atoms with Gasteiger partial charge in [0.15, 0.2) is 0 Å². The van der Waals surface area contributed by atoms with E-state index < -0.39 is 5.41 Å². The SMILES string of the molecule is C1=CC(C(c2ccccc2)(c2ccccc2)c2c(-c3ccccc3)ccc3c2Cc2cc(-c4ccccc4)ccc2-3)C=C1. The predicted molar refractivity (Wildman–Crippen MR) is 180 cm³/mol. The van der Waals surface area contributed by atoms with Crippen molar-refractivity contribution in [1.82, 2.24) is 0 Å². The summed E-state index contributed by atoms with van der Waals surface area (Å²) in [6, 6.07) is 55.9. The zero-order valence-electron chi connectivity index (χ0n) is 24.0. The second-order valence-electron chi connectivity index (χ2n) is 11.6. The fourth-order valence-corrected chi connectivity index (χ4v) is 7.53. The van der Waals surface area contributed by atoms with Crippen LogP contribution < -0.4 is 0 Å². The van der Waals surface area contributed by atoms with Gasteiger partial charge in [0.05, 0.1) is 5.41 Å². The summed E-state index contributed by atoms with van der Waals surface area (Å²) in [4.78, 5) is 0. The summed E-state index contributed by atoms with van der Waals surface area (Å²) in [5.74, 6) is 0.162. The Morgan fingerprint density at radius 3 is 1.56 bits per heavy atom. The van der Waals surface area contributed by atoms with Gasteiger partial charge in [-0.15, -0.1) is 0 Å². The third kappa shape index (κ3) is 4.14. The molecule has 0 heteroatoms. The Labute approximate surface area is 254 Å². The molecule has 0 saturated heterocycles. The third-order valence-electron chi connectivity index (χ3n) is 9.37. The normalized spacial score (nSPS) is 13.7. The van der Waals surface area contributed by atoms with Crippen LogP contribution in [0.3, 0.4) is 0 Å². The van der Waals surface area contributed by atoms with Gasteiger partial charge in [0, 0.05) is 5.92 Å². The van der Waals surface area contributed by atoms with Gasteiger partial charge in [-0.3, -0.25) is 0 Å². The maximum Gasteiger partial charge on any atom is 0.0557 e. The molecule has 0 fully saturated rings. The molecular formula is C43H32. The van der Waals surface area contributed by atoms with Crippen LogP contribution in [0.1, 0.15) is 27.8 Å². The molecule has 0 spiro atoms. The smallest absolute Gasteiger partial charge is 0.0557 e. The van der Waals surface area contributed by atoms with Gasteiger partial charge in [-0.25, -0.2) is 0 Å². The Morgan fingerprint density at radius 1 is 0.442 bits per heavy atom. The molecule has 0 heterocycles. The maximum absolute atomic E-state index is 2.42. The van der Waals surface area contributed by atoms with Crippen molar-refractivity contribution in [3.05, 3.63) is 204 Å². The Bertz CT molecular complexity index is 1910. The number of fused-ring (bicyclic) bond motifs is 3. The van der Waals surface area contributed by atoms with Gasteiger partial charge in [-0.05, 0) is 67.6 Å². The number of hydrogen-bond donors (Lipinski definition) is 0. The molecule has 0 amide bonds. The summed E-state index contributed by atoms with van der Waals surface area (Å²) < 4.78 is 0. The molecule has 0 N–H and O–H groups in total. The van der Waals surface area contributed by atoms with Gasteiger partial charge in [0.2, 0.25) is 0 Å². The molecule has 2 aliphatic carbocycles. The number of benzene rings is 6. The van der Waals surface area contributed by atoms with Gasteiger partial charge in [0.1, 0.15) is 0 Å². The Balaban J connectivity index is 1.46. The summed E-state index contributed by atoms with van der Waals surface area (Å²) in [5.41, 5.74) is 14.2. The minimum Gasteiger partial charge on any atom is -0.0761 e. The van der Waals surface area contributed by atoms with E-state index >= 15 is 0 Å². The van der Waals surface area contributed by atoms with Crippen molar-refractivity contribution in [3.63, 3.8) is 0 Å². The largest absolute Gasteiger partial charge is 0.0761 e. The van der Waals surface area contributed by atoms with E-state index in [4.69, 9.17) is 0 Å². The lowest BCUT2D eigenvalue weighted by atomic mass is 9.59. The van der Waals surface area contributed by atoms with E-state index in [9.17, 15) is 0 Å². The maximum atomic E-state index is 2.42. The highest BCUT2D eigenvalue weighted by Crippen LogP contribution is 2.55. The minimum atomic E-state index is -0.424. The van der Waals surface area contributed by atoms with Crippen LogP contribution in [0.15, 0.2) is 176 Å². The van der Waals surface area contributed by atoms with Crippen molar-refractivity contribution in [2.45, 2.75) is 11.8 Å². The average Bonchev–Trinajstić information content (AvgIpc) is 3.76. The first kappa shape index (κ1) is 25.5. The Kier molecular flexibility index (Phi) is 6.27. The van der Waals surface area contributed by atoms with Crippen LogP contribution in [-0.2, 0) is 11.8 Å². The van der Waals surface area contributed by atoms with Crippen LogP contribution in [0.5, 0.6) is 0 Å². The van der Waals surface area contributed by atoms with Gasteiger partial charge in [0.25, 0.3) is 0 Å². The van der Waals surface area contributed by atoms with Gasteiger partial charge in [-0.2, -0.15) is 0 Å². The predicted octanol–water partition coefficient (Wildman–Crippen LogP) is 10.7. The zero-order chi connectivity index (χ0) is 28.6. The molecule has 8 rings (SSSR count). The fraction of sp³-hybridized carbons (Fsp3) is 0.0698. The first-order valence-corrected chi connectivity index (χ1v) is 15.2. The van der Waals surface area contributed by atoms with Crippen molar-refractivity contribution >= 4 is 0 Å². The summed E-state index contributed by atoms with van der Waals surface area (Å²) in [7, 11) is 0. The summed E-state index contributed by atoms with van der Waals surface area (Å²) in [6.07, 6.45) is 10.1. The van der Waals surface area contributed by atoms with E-state index in [1.54, 1.807) is 0 Å². The molecule has 6 aromatic carbocycles. The van der Waals surface area contributed by atoms with Crippen LogP contribution in [0.2, 0.25) is 0 Å². The van der Waals surface area contributed by atoms with Crippen molar-refractivity contribution in [2.75, 3.05) is 0 Å². The van der Waals surface area contributed by atoms with E-state index in [1.807, 2.05) is 0 Å². The van der Waals surface area contributed by atoms with E-state index in [2.05, 4.69) is 176 Å². The molecule has 0 bridgehead atoms. The lowest BCUT2D eigenvalue weighted by molar-refractivity contribution is 0.526. The highest BCUT2D eigenvalue weighted by atomic mass is 14.5. The molecule has 0 aliphatic heterocycles. The highest BCUT2D eigenvalue weighted by molar-refractivity contribution is 5.87. The topological polar surface area (TPSA) is 0 Å². The van der Waals surface area contributed by atoms with E-state index in [-0.39, 0.29) is 5.92 Å². The number of hydrogen-bond acceptors (Lipinski definition) is 0. The molecule has 0 radical (unpaired) electrons. The van der Waals surface area contributed by atoms with Crippen LogP contribution in [0, 0.1) is 5.92 Å². The highest BCUT2D eigenvalue weighted by Gasteiger charge is 2.46. The van der Waals surface area contributed by atoms with Crippen molar-refractivity contribution < 1.29 is 0 Å². The molecule has 6 aromatic rings.